The second-order valence-corrected chi connectivity index (χ2v) is 7.20. The summed E-state index contributed by atoms with van der Waals surface area (Å²) < 4.78 is 45.6. The topological polar surface area (TPSA) is 68.8 Å². The Bertz CT molecular complexity index is 1190. The van der Waals surface area contributed by atoms with E-state index in [2.05, 4.69) is 15.2 Å². The van der Waals surface area contributed by atoms with Gasteiger partial charge in [-0.1, -0.05) is 19.1 Å². The zero-order chi connectivity index (χ0) is 21.5. The van der Waals surface area contributed by atoms with Crippen LogP contribution in [0.15, 0.2) is 49.1 Å². The van der Waals surface area contributed by atoms with Crippen LogP contribution in [0.25, 0.3) is 10.9 Å². The van der Waals surface area contributed by atoms with Crippen molar-refractivity contribution in [3.63, 3.8) is 0 Å². The number of fused-ring (bicyclic) bond motifs is 1. The summed E-state index contributed by atoms with van der Waals surface area (Å²) in [6, 6.07) is 6.73. The van der Waals surface area contributed by atoms with Crippen molar-refractivity contribution < 1.29 is 18.3 Å². The van der Waals surface area contributed by atoms with Gasteiger partial charge in [0.25, 0.3) is 0 Å². The van der Waals surface area contributed by atoms with Crippen molar-refractivity contribution >= 4 is 10.9 Å². The van der Waals surface area contributed by atoms with E-state index in [0.29, 0.717) is 29.1 Å². The summed E-state index contributed by atoms with van der Waals surface area (Å²) in [5, 5.41) is 20.6. The summed E-state index contributed by atoms with van der Waals surface area (Å²) in [6.07, 6.45) is 3.15. The first kappa shape index (κ1) is 20.1. The van der Waals surface area contributed by atoms with Crippen LogP contribution in [0.2, 0.25) is 0 Å². The van der Waals surface area contributed by atoms with Crippen molar-refractivity contribution in [3.05, 3.63) is 77.8 Å². The second-order valence-electron chi connectivity index (χ2n) is 7.20. The molecule has 2 heterocycles. The highest BCUT2D eigenvalue weighted by Gasteiger charge is 2.41. The van der Waals surface area contributed by atoms with Gasteiger partial charge in [0.2, 0.25) is 0 Å². The summed E-state index contributed by atoms with van der Waals surface area (Å²) in [5.74, 6) is -2.08. The van der Waals surface area contributed by atoms with Gasteiger partial charge in [-0.15, -0.1) is 0 Å². The lowest BCUT2D eigenvalue weighted by Gasteiger charge is -2.35. The van der Waals surface area contributed by atoms with E-state index in [4.69, 9.17) is 0 Å². The van der Waals surface area contributed by atoms with E-state index in [0.717, 1.165) is 6.07 Å². The van der Waals surface area contributed by atoms with Crippen LogP contribution in [0.5, 0.6) is 0 Å². The first-order valence-electron chi connectivity index (χ1n) is 9.51. The van der Waals surface area contributed by atoms with E-state index in [-0.39, 0.29) is 12.1 Å². The highest BCUT2D eigenvalue weighted by molar-refractivity contribution is 5.82. The van der Waals surface area contributed by atoms with Crippen LogP contribution in [0.4, 0.5) is 13.2 Å². The van der Waals surface area contributed by atoms with Gasteiger partial charge in [-0.05, 0) is 31.5 Å². The SMILES string of the molecule is CCc1nn([C@H](C)[C@](O)(Cn2cncn2)c2ccc(F)cc2F)c2cccc(F)c12. The van der Waals surface area contributed by atoms with Gasteiger partial charge in [-0.25, -0.2) is 22.8 Å². The van der Waals surface area contributed by atoms with Crippen LogP contribution in [-0.4, -0.2) is 29.7 Å². The third-order valence-electron chi connectivity index (χ3n) is 5.42. The average molecular weight is 415 g/mol. The van der Waals surface area contributed by atoms with Crippen molar-refractivity contribution in [2.75, 3.05) is 0 Å². The van der Waals surface area contributed by atoms with Gasteiger partial charge >= 0.3 is 0 Å². The molecule has 2 aromatic heterocycles. The molecule has 0 aliphatic rings. The zero-order valence-corrected chi connectivity index (χ0v) is 16.4. The molecule has 2 atom stereocenters. The first-order valence-corrected chi connectivity index (χ1v) is 9.51. The van der Waals surface area contributed by atoms with Crippen LogP contribution in [0.1, 0.15) is 31.1 Å². The second kappa shape index (κ2) is 7.56. The van der Waals surface area contributed by atoms with Crippen LogP contribution < -0.4 is 0 Å². The largest absolute Gasteiger partial charge is 0.381 e. The molecule has 0 saturated carbocycles. The molecule has 2 aromatic carbocycles. The van der Waals surface area contributed by atoms with Crippen molar-refractivity contribution in [1.82, 2.24) is 24.5 Å². The van der Waals surface area contributed by atoms with Gasteiger partial charge in [0.05, 0.1) is 29.2 Å². The molecule has 0 spiro atoms. The van der Waals surface area contributed by atoms with Crippen LogP contribution in [0.3, 0.4) is 0 Å². The fraction of sp³-hybridized carbons (Fsp3) is 0.286. The van der Waals surface area contributed by atoms with Gasteiger partial charge in [-0.3, -0.25) is 4.68 Å². The Morgan fingerprint density at radius 1 is 1.13 bits per heavy atom. The Morgan fingerprint density at radius 2 is 1.93 bits per heavy atom. The summed E-state index contributed by atoms with van der Waals surface area (Å²) in [5.41, 5.74) is -1.01. The standard InChI is InChI=1S/C21H20F3N5O/c1-3-18-20-16(23)5-4-6-19(20)29(27-18)13(2)21(30,10-28-12-25-11-26-28)15-8-7-14(22)9-17(15)24/h4-9,11-13,30H,3,10H2,1-2H3/t13-,21-/m1/s1. The lowest BCUT2D eigenvalue weighted by molar-refractivity contribution is -0.0355. The summed E-state index contributed by atoms with van der Waals surface area (Å²) in [6.45, 7) is 3.33. The molecule has 0 radical (unpaired) electrons. The molecule has 30 heavy (non-hydrogen) atoms. The van der Waals surface area contributed by atoms with Gasteiger partial charge in [0, 0.05) is 11.6 Å². The van der Waals surface area contributed by atoms with Crippen molar-refractivity contribution in [2.24, 2.45) is 0 Å². The predicted octanol–water partition coefficient (Wildman–Crippen LogP) is 3.76. The quantitative estimate of drug-likeness (QED) is 0.521. The number of aliphatic hydroxyl groups is 1. The predicted molar refractivity (Wildman–Crippen MR) is 104 cm³/mol. The minimum atomic E-state index is -1.89. The molecule has 9 heteroatoms. The monoisotopic (exact) mass is 415 g/mol. The fourth-order valence-corrected chi connectivity index (χ4v) is 3.81. The summed E-state index contributed by atoms with van der Waals surface area (Å²) in [4.78, 5) is 3.86. The minimum absolute atomic E-state index is 0.120. The third-order valence-corrected chi connectivity index (χ3v) is 5.42. The van der Waals surface area contributed by atoms with Crippen molar-refractivity contribution in [3.8, 4) is 0 Å². The highest BCUT2D eigenvalue weighted by Crippen LogP contribution is 2.38. The van der Waals surface area contributed by atoms with Crippen molar-refractivity contribution in [1.29, 1.82) is 0 Å². The van der Waals surface area contributed by atoms with Crippen LogP contribution >= 0.6 is 0 Å². The van der Waals surface area contributed by atoms with Gasteiger partial charge < -0.3 is 5.11 Å². The fourth-order valence-electron chi connectivity index (χ4n) is 3.81. The lowest BCUT2D eigenvalue weighted by Crippen LogP contribution is -2.41. The van der Waals surface area contributed by atoms with Gasteiger partial charge in [0.15, 0.2) is 0 Å². The van der Waals surface area contributed by atoms with E-state index in [1.54, 1.807) is 19.1 Å². The molecule has 4 aromatic rings. The molecule has 0 aliphatic carbocycles. The normalized spacial score (nSPS) is 14.7. The zero-order valence-electron chi connectivity index (χ0n) is 16.4. The minimum Gasteiger partial charge on any atom is -0.381 e. The number of nitrogens with zero attached hydrogens (tertiary/aromatic N) is 5. The average Bonchev–Trinajstić information content (AvgIpc) is 3.35. The smallest absolute Gasteiger partial charge is 0.137 e. The molecule has 0 saturated heterocycles. The molecule has 4 rings (SSSR count). The Morgan fingerprint density at radius 3 is 2.60 bits per heavy atom. The number of hydrogen-bond donors (Lipinski definition) is 1. The Kier molecular flexibility index (Phi) is 5.07. The highest BCUT2D eigenvalue weighted by atomic mass is 19.1. The summed E-state index contributed by atoms with van der Waals surface area (Å²) >= 11 is 0. The molecule has 6 nitrogen and oxygen atoms in total. The van der Waals surface area contributed by atoms with Crippen molar-refractivity contribution in [2.45, 2.75) is 38.5 Å². The molecular weight excluding hydrogens is 395 g/mol. The van der Waals surface area contributed by atoms with E-state index in [1.165, 1.54) is 34.2 Å². The van der Waals surface area contributed by atoms with E-state index in [1.807, 2.05) is 6.92 Å². The summed E-state index contributed by atoms with van der Waals surface area (Å²) in [7, 11) is 0. The molecule has 0 amide bonds. The van der Waals surface area contributed by atoms with Gasteiger partial charge in [0.1, 0.15) is 35.7 Å². The lowest BCUT2D eigenvalue weighted by atomic mass is 9.86. The molecular formula is C21H20F3N5O. The Hall–Kier alpha value is -3.20. The number of aromatic nitrogens is 5. The first-order chi connectivity index (χ1) is 14.3. The maximum absolute atomic E-state index is 14.8. The van der Waals surface area contributed by atoms with Crippen LogP contribution in [0, 0.1) is 17.5 Å². The van der Waals surface area contributed by atoms with Crippen LogP contribution in [-0.2, 0) is 18.6 Å². The molecule has 0 aliphatic heterocycles. The molecule has 0 unspecified atom stereocenters. The molecule has 156 valence electrons. The molecule has 1 N–H and O–H groups in total. The number of rotatable bonds is 6. The molecule has 0 bridgehead atoms. The number of halogens is 3. The maximum Gasteiger partial charge on any atom is 0.137 e. The number of aryl methyl sites for hydroxylation is 1. The maximum atomic E-state index is 14.8. The van der Waals surface area contributed by atoms with Gasteiger partial charge in [-0.2, -0.15) is 10.2 Å². The third kappa shape index (κ3) is 3.24. The molecule has 0 fully saturated rings. The van der Waals surface area contributed by atoms with E-state index in [9.17, 15) is 18.3 Å². The Labute approximate surface area is 170 Å². The number of benzene rings is 2. The van der Waals surface area contributed by atoms with E-state index < -0.39 is 29.1 Å². The van der Waals surface area contributed by atoms with E-state index >= 15 is 0 Å². The number of hydrogen-bond acceptors (Lipinski definition) is 4. The Balaban J connectivity index is 1.91.